The molecule has 0 aromatic carbocycles. The molecule has 0 spiro atoms. The van der Waals surface area contributed by atoms with Gasteiger partial charge in [0.05, 0.1) is 24.4 Å². The molecule has 2 fully saturated rings. The standard InChI is InChI=1S/C32H58O13/c1-5-7-9-11-13-15-20(33)17-22(35)32(31(41)42,21(34)16-14-12-10-8-6-2)29-28(26(39)24(37)18(3)43-29)45-30-27(40)25(38)23(36)19(4)44-30/h18-21,23-30,33-34,36-40H,5-17H2,1-4H3,(H,41,42)/t18-,19-,20?,21?,23-,24-,25+,26+,27+,28+,29+,30-,32?/m0/s1. The van der Waals surface area contributed by atoms with Gasteiger partial charge in [-0.2, -0.15) is 0 Å². The normalized spacial score (nSPS) is 35.0. The Hall–Kier alpha value is -1.26. The number of ether oxygens (including phenoxy) is 3. The SMILES string of the molecule is CCCCCCCC(O)CC(=O)C(C(=O)O)(C(O)CCCCCCC)[C@@H]1O[C@@H](C)[C@H](O)[C@@H](O)[C@H]1O[C@@H]1O[C@@H](C)[C@H](O)[C@@H](O)[C@H]1O. The van der Waals surface area contributed by atoms with E-state index in [0.29, 0.717) is 19.3 Å². The summed E-state index contributed by atoms with van der Waals surface area (Å²) in [7, 11) is 0. The van der Waals surface area contributed by atoms with Gasteiger partial charge in [-0.15, -0.1) is 0 Å². The minimum Gasteiger partial charge on any atom is -0.480 e. The molecule has 8 N–H and O–H groups in total. The number of carbonyl (C=O) groups excluding carboxylic acids is 1. The molecule has 0 amide bonds. The highest BCUT2D eigenvalue weighted by atomic mass is 16.7. The maximum atomic E-state index is 14.1. The Labute approximate surface area is 266 Å². The van der Waals surface area contributed by atoms with Gasteiger partial charge in [0.1, 0.15) is 42.7 Å². The molecule has 13 heteroatoms. The molecular formula is C32H58O13. The molecule has 2 heterocycles. The van der Waals surface area contributed by atoms with Crippen LogP contribution < -0.4 is 0 Å². The largest absolute Gasteiger partial charge is 0.480 e. The first-order valence-electron chi connectivity index (χ1n) is 16.7. The van der Waals surface area contributed by atoms with Gasteiger partial charge in [-0.1, -0.05) is 78.1 Å². The molecule has 0 radical (unpaired) electrons. The summed E-state index contributed by atoms with van der Waals surface area (Å²) in [6.07, 6.45) is -11.6. The number of ketones is 1. The Bertz CT molecular complexity index is 889. The monoisotopic (exact) mass is 650 g/mol. The van der Waals surface area contributed by atoms with E-state index in [9.17, 15) is 50.4 Å². The quantitative estimate of drug-likeness (QED) is 0.0686. The van der Waals surface area contributed by atoms with Crippen LogP contribution in [0, 0.1) is 5.41 Å². The second-order valence-corrected chi connectivity index (χ2v) is 12.9. The van der Waals surface area contributed by atoms with Gasteiger partial charge in [-0.3, -0.25) is 9.59 Å². The summed E-state index contributed by atoms with van der Waals surface area (Å²) in [4.78, 5) is 27.4. The summed E-state index contributed by atoms with van der Waals surface area (Å²) < 4.78 is 17.3. The number of unbranched alkanes of at least 4 members (excludes halogenated alkanes) is 8. The minimum absolute atomic E-state index is 0.112. The smallest absolute Gasteiger partial charge is 0.322 e. The van der Waals surface area contributed by atoms with E-state index < -0.39 is 97.0 Å². The lowest BCUT2D eigenvalue weighted by Gasteiger charge is -2.51. The molecule has 3 unspecified atom stereocenters. The fraction of sp³-hybridized carbons (Fsp3) is 0.938. The number of hydrogen-bond acceptors (Lipinski definition) is 12. The van der Waals surface area contributed by atoms with E-state index in [1.807, 2.05) is 6.92 Å². The Morgan fingerprint density at radius 3 is 1.78 bits per heavy atom. The number of rotatable bonds is 20. The Kier molecular flexibility index (Phi) is 16.8. The zero-order valence-corrected chi connectivity index (χ0v) is 27.2. The summed E-state index contributed by atoms with van der Waals surface area (Å²) in [5, 5.41) is 86.1. The van der Waals surface area contributed by atoms with Crippen LogP contribution in [0.15, 0.2) is 0 Å². The molecule has 2 aliphatic rings. The molecule has 13 nitrogen and oxygen atoms in total. The van der Waals surface area contributed by atoms with Crippen molar-refractivity contribution in [1.82, 2.24) is 0 Å². The third-order valence-corrected chi connectivity index (χ3v) is 9.36. The van der Waals surface area contributed by atoms with Crippen molar-refractivity contribution >= 4 is 11.8 Å². The molecule has 13 atom stereocenters. The molecular weight excluding hydrogens is 592 g/mol. The van der Waals surface area contributed by atoms with Crippen molar-refractivity contribution in [3.8, 4) is 0 Å². The number of carboxylic acid groups (broad SMARTS) is 1. The van der Waals surface area contributed by atoms with E-state index in [1.165, 1.54) is 13.8 Å². The van der Waals surface area contributed by atoms with Gasteiger partial charge in [-0.05, 0) is 26.7 Å². The molecule has 0 aromatic rings. The molecule has 0 saturated carbocycles. The van der Waals surface area contributed by atoms with Crippen LogP contribution in [0.5, 0.6) is 0 Å². The van der Waals surface area contributed by atoms with Crippen molar-refractivity contribution < 1.29 is 64.7 Å². The molecule has 2 aliphatic heterocycles. The molecule has 2 rings (SSSR count). The maximum Gasteiger partial charge on any atom is 0.322 e. The number of aliphatic hydroxyl groups excluding tert-OH is 7. The highest BCUT2D eigenvalue weighted by Gasteiger charge is 2.65. The van der Waals surface area contributed by atoms with E-state index in [1.54, 1.807) is 0 Å². The van der Waals surface area contributed by atoms with Gasteiger partial charge in [0.15, 0.2) is 17.5 Å². The molecule has 0 bridgehead atoms. The average molecular weight is 651 g/mol. The Balaban J connectivity index is 2.50. The maximum absolute atomic E-state index is 14.1. The van der Waals surface area contributed by atoms with Gasteiger partial charge in [-0.25, -0.2) is 0 Å². The Morgan fingerprint density at radius 1 is 0.711 bits per heavy atom. The minimum atomic E-state index is -2.75. The molecule has 0 aromatic heterocycles. The fourth-order valence-electron chi connectivity index (χ4n) is 6.39. The topological polar surface area (TPSA) is 224 Å². The van der Waals surface area contributed by atoms with Crippen LogP contribution in [0.1, 0.15) is 111 Å². The van der Waals surface area contributed by atoms with Crippen LogP contribution in [-0.2, 0) is 23.8 Å². The van der Waals surface area contributed by atoms with Crippen molar-refractivity contribution in [1.29, 1.82) is 0 Å². The van der Waals surface area contributed by atoms with Crippen molar-refractivity contribution in [3.63, 3.8) is 0 Å². The van der Waals surface area contributed by atoms with Gasteiger partial charge in [0, 0.05) is 6.42 Å². The van der Waals surface area contributed by atoms with Crippen LogP contribution in [-0.4, -0.2) is 126 Å². The summed E-state index contributed by atoms with van der Waals surface area (Å²) >= 11 is 0. The number of carbonyl (C=O) groups is 2. The summed E-state index contributed by atoms with van der Waals surface area (Å²) in [5.41, 5.74) is -2.75. The van der Waals surface area contributed by atoms with Crippen molar-refractivity contribution in [2.24, 2.45) is 5.41 Å². The van der Waals surface area contributed by atoms with Crippen LogP contribution in [0.4, 0.5) is 0 Å². The first-order valence-corrected chi connectivity index (χ1v) is 16.7. The number of carboxylic acids is 1. The number of hydrogen-bond donors (Lipinski definition) is 8. The van der Waals surface area contributed by atoms with Gasteiger partial charge >= 0.3 is 5.97 Å². The van der Waals surface area contributed by atoms with Crippen LogP contribution in [0.3, 0.4) is 0 Å². The van der Waals surface area contributed by atoms with E-state index in [0.717, 1.165) is 44.9 Å². The van der Waals surface area contributed by atoms with Crippen molar-refractivity contribution in [2.75, 3.05) is 0 Å². The molecule has 45 heavy (non-hydrogen) atoms. The lowest BCUT2D eigenvalue weighted by molar-refractivity contribution is -0.343. The van der Waals surface area contributed by atoms with Gasteiger partial charge in [0.25, 0.3) is 0 Å². The van der Waals surface area contributed by atoms with E-state index in [4.69, 9.17) is 14.2 Å². The number of aliphatic carboxylic acids is 1. The average Bonchev–Trinajstić information content (AvgIpc) is 2.99. The molecule has 2 saturated heterocycles. The zero-order valence-electron chi connectivity index (χ0n) is 27.2. The van der Waals surface area contributed by atoms with E-state index >= 15 is 0 Å². The molecule has 264 valence electrons. The Morgan fingerprint density at radius 2 is 1.22 bits per heavy atom. The lowest BCUT2D eigenvalue weighted by atomic mass is 9.66. The summed E-state index contributed by atoms with van der Waals surface area (Å²) in [6, 6.07) is 0. The number of aliphatic hydroxyl groups is 7. The first kappa shape index (κ1) is 39.9. The van der Waals surface area contributed by atoms with Crippen LogP contribution in [0.2, 0.25) is 0 Å². The second-order valence-electron chi connectivity index (χ2n) is 12.9. The predicted octanol–water partition coefficient (Wildman–Crippen LogP) is 1.18. The van der Waals surface area contributed by atoms with Crippen LogP contribution in [0.25, 0.3) is 0 Å². The van der Waals surface area contributed by atoms with Crippen molar-refractivity contribution in [3.05, 3.63) is 0 Å². The summed E-state index contributed by atoms with van der Waals surface area (Å²) in [5.74, 6) is -2.78. The zero-order chi connectivity index (χ0) is 33.9. The van der Waals surface area contributed by atoms with E-state index in [2.05, 4.69) is 6.92 Å². The fourth-order valence-corrected chi connectivity index (χ4v) is 6.39. The number of Topliss-reactive ketones (excluding diaryl/α,β-unsaturated/α-hetero) is 1. The highest BCUT2D eigenvalue weighted by molar-refractivity contribution is 6.05. The first-order chi connectivity index (χ1) is 21.2. The van der Waals surface area contributed by atoms with Gasteiger partial charge in [0.2, 0.25) is 0 Å². The van der Waals surface area contributed by atoms with Crippen molar-refractivity contribution in [2.45, 2.75) is 185 Å². The molecule has 0 aliphatic carbocycles. The summed E-state index contributed by atoms with van der Waals surface area (Å²) in [6.45, 7) is 6.87. The van der Waals surface area contributed by atoms with Crippen LogP contribution >= 0.6 is 0 Å². The highest BCUT2D eigenvalue weighted by Crippen LogP contribution is 2.43. The van der Waals surface area contributed by atoms with Gasteiger partial charge < -0.3 is 55.1 Å². The third-order valence-electron chi connectivity index (χ3n) is 9.36. The third kappa shape index (κ3) is 9.88. The second kappa shape index (κ2) is 18.9. The lowest BCUT2D eigenvalue weighted by Crippen LogP contribution is -2.70. The predicted molar refractivity (Wildman–Crippen MR) is 162 cm³/mol. The van der Waals surface area contributed by atoms with E-state index in [-0.39, 0.29) is 12.8 Å².